The summed E-state index contributed by atoms with van der Waals surface area (Å²) in [6.07, 6.45) is 4.48. The Morgan fingerprint density at radius 1 is 1.32 bits per heavy atom. The van der Waals surface area contributed by atoms with Crippen LogP contribution in [0, 0.1) is 5.82 Å². The maximum Gasteiger partial charge on any atom is 0.123 e. The lowest BCUT2D eigenvalue weighted by Crippen LogP contribution is -2.29. The number of H-pyrrole nitrogens is 1. The smallest absolute Gasteiger partial charge is 0.123 e. The highest BCUT2D eigenvalue weighted by Gasteiger charge is 2.27. The van der Waals surface area contributed by atoms with Gasteiger partial charge in [-0.3, -0.25) is 4.98 Å². The van der Waals surface area contributed by atoms with Crippen LogP contribution in [-0.4, -0.2) is 27.8 Å². The van der Waals surface area contributed by atoms with E-state index in [0.29, 0.717) is 18.6 Å². The molecule has 0 spiro atoms. The number of aromatic nitrogens is 2. The zero-order chi connectivity index (χ0) is 18.0. The minimum atomic E-state index is -0.939. The molecule has 0 saturated carbocycles. The average molecular weight is 342 g/mol. The van der Waals surface area contributed by atoms with Crippen molar-refractivity contribution in [1.82, 2.24) is 9.97 Å². The van der Waals surface area contributed by atoms with E-state index in [0.717, 1.165) is 22.2 Å². The fourth-order valence-corrected chi connectivity index (χ4v) is 3.47. The fourth-order valence-electron chi connectivity index (χ4n) is 3.47. The van der Waals surface area contributed by atoms with Gasteiger partial charge in [-0.15, -0.1) is 0 Å². The predicted molar refractivity (Wildman–Crippen MR) is 96.4 cm³/mol. The van der Waals surface area contributed by atoms with Crippen molar-refractivity contribution in [3.63, 3.8) is 0 Å². The van der Waals surface area contributed by atoms with Crippen molar-refractivity contribution in [3.05, 3.63) is 59.8 Å². The van der Waals surface area contributed by atoms with Crippen molar-refractivity contribution in [2.75, 3.05) is 7.11 Å². The van der Waals surface area contributed by atoms with E-state index in [-0.39, 0.29) is 11.7 Å². The van der Waals surface area contributed by atoms with E-state index in [1.807, 2.05) is 19.1 Å². The second kappa shape index (κ2) is 6.84. The Balaban J connectivity index is 1.77. The molecule has 2 heterocycles. The Morgan fingerprint density at radius 3 is 2.84 bits per heavy atom. The molecule has 0 amide bonds. The van der Waals surface area contributed by atoms with Crippen molar-refractivity contribution >= 4 is 10.9 Å². The monoisotopic (exact) mass is 342 g/mol. The molecule has 2 unspecified atom stereocenters. The second-order valence-electron chi connectivity index (χ2n) is 6.92. The van der Waals surface area contributed by atoms with Crippen LogP contribution in [0.25, 0.3) is 10.9 Å². The lowest BCUT2D eigenvalue weighted by molar-refractivity contribution is 0.0443. The van der Waals surface area contributed by atoms with Crippen LogP contribution < -0.4 is 4.74 Å². The van der Waals surface area contributed by atoms with E-state index in [1.165, 1.54) is 12.1 Å². The van der Waals surface area contributed by atoms with Gasteiger partial charge in [-0.1, -0.05) is 6.92 Å². The Kier molecular flexibility index (Phi) is 4.77. The van der Waals surface area contributed by atoms with Crippen molar-refractivity contribution in [1.29, 1.82) is 0 Å². The highest BCUT2D eigenvalue weighted by Crippen LogP contribution is 2.34. The standard InChI is InChI=1S/C20H23FN2O2/c1-13(17-9-15(21)4-5-19(17)25-3)10-20(2,24)11-16-8-14-6-7-22-12-18(14)23-16/h4-9,12-13,23-24H,10-11H2,1-3H3. The Labute approximate surface area is 146 Å². The van der Waals surface area contributed by atoms with E-state index >= 15 is 0 Å². The van der Waals surface area contributed by atoms with E-state index < -0.39 is 5.60 Å². The summed E-state index contributed by atoms with van der Waals surface area (Å²) in [5.74, 6) is 0.290. The summed E-state index contributed by atoms with van der Waals surface area (Å²) in [6, 6.07) is 8.45. The summed E-state index contributed by atoms with van der Waals surface area (Å²) >= 11 is 0. The van der Waals surface area contributed by atoms with Crippen LogP contribution in [0.3, 0.4) is 0 Å². The summed E-state index contributed by atoms with van der Waals surface area (Å²) in [4.78, 5) is 7.38. The van der Waals surface area contributed by atoms with E-state index in [9.17, 15) is 9.50 Å². The van der Waals surface area contributed by atoms with Gasteiger partial charge in [-0.2, -0.15) is 0 Å². The normalized spacial score (nSPS) is 15.1. The van der Waals surface area contributed by atoms with Gasteiger partial charge in [0.05, 0.1) is 24.4 Å². The molecule has 132 valence electrons. The molecule has 2 atom stereocenters. The highest BCUT2D eigenvalue weighted by atomic mass is 19.1. The van der Waals surface area contributed by atoms with Crippen molar-refractivity contribution in [2.24, 2.45) is 0 Å². The summed E-state index contributed by atoms with van der Waals surface area (Å²) in [5.41, 5.74) is 1.73. The number of ether oxygens (including phenoxy) is 1. The number of halogens is 1. The van der Waals surface area contributed by atoms with Crippen molar-refractivity contribution in [2.45, 2.75) is 38.2 Å². The molecular formula is C20H23FN2O2. The van der Waals surface area contributed by atoms with Gasteiger partial charge >= 0.3 is 0 Å². The van der Waals surface area contributed by atoms with Crippen molar-refractivity contribution in [3.8, 4) is 5.75 Å². The van der Waals surface area contributed by atoms with Crippen LogP contribution in [0.2, 0.25) is 0 Å². The molecule has 2 aromatic heterocycles. The minimum absolute atomic E-state index is 0.0494. The third-order valence-corrected chi connectivity index (χ3v) is 4.52. The average Bonchev–Trinajstić information content (AvgIpc) is 2.95. The van der Waals surface area contributed by atoms with Crippen LogP contribution >= 0.6 is 0 Å². The molecular weight excluding hydrogens is 319 g/mol. The molecule has 5 heteroatoms. The number of rotatable bonds is 6. The molecule has 0 saturated heterocycles. The largest absolute Gasteiger partial charge is 0.496 e. The van der Waals surface area contributed by atoms with Crippen LogP contribution in [-0.2, 0) is 6.42 Å². The molecule has 4 nitrogen and oxygen atoms in total. The SMILES string of the molecule is COc1ccc(F)cc1C(C)CC(C)(O)Cc1cc2ccncc2[nH]1. The Morgan fingerprint density at radius 2 is 2.12 bits per heavy atom. The number of nitrogens with one attached hydrogen (secondary N) is 1. The summed E-state index contributed by atoms with van der Waals surface area (Å²) in [7, 11) is 1.57. The van der Waals surface area contributed by atoms with E-state index in [4.69, 9.17) is 4.74 Å². The first-order valence-electron chi connectivity index (χ1n) is 8.35. The molecule has 2 N–H and O–H groups in total. The Bertz CT molecular complexity index is 840. The molecule has 0 aliphatic heterocycles. The van der Waals surface area contributed by atoms with Gasteiger partial charge in [0, 0.05) is 23.7 Å². The number of pyridine rings is 1. The van der Waals surface area contributed by atoms with Crippen molar-refractivity contribution < 1.29 is 14.2 Å². The van der Waals surface area contributed by atoms with Gasteiger partial charge in [-0.25, -0.2) is 4.39 Å². The maximum atomic E-state index is 13.6. The summed E-state index contributed by atoms with van der Waals surface area (Å²) in [5, 5.41) is 12.0. The van der Waals surface area contributed by atoms with E-state index in [2.05, 4.69) is 9.97 Å². The molecule has 25 heavy (non-hydrogen) atoms. The Hall–Kier alpha value is -2.40. The first kappa shape index (κ1) is 17.4. The lowest BCUT2D eigenvalue weighted by atomic mass is 9.85. The quantitative estimate of drug-likeness (QED) is 0.706. The first-order chi connectivity index (χ1) is 11.9. The zero-order valence-corrected chi connectivity index (χ0v) is 14.7. The maximum absolute atomic E-state index is 13.6. The predicted octanol–water partition coefficient (Wildman–Crippen LogP) is 4.20. The number of hydrogen-bond donors (Lipinski definition) is 2. The van der Waals surface area contributed by atoms with Crippen LogP contribution in [0.4, 0.5) is 4.39 Å². The number of aliphatic hydroxyl groups is 1. The molecule has 0 radical (unpaired) electrons. The minimum Gasteiger partial charge on any atom is -0.496 e. The van der Waals surface area contributed by atoms with Gasteiger partial charge in [0.15, 0.2) is 0 Å². The van der Waals surface area contributed by atoms with Gasteiger partial charge in [0.25, 0.3) is 0 Å². The highest BCUT2D eigenvalue weighted by molar-refractivity contribution is 5.79. The fraction of sp³-hybridized carbons (Fsp3) is 0.350. The third kappa shape index (κ3) is 3.99. The molecule has 0 aliphatic rings. The molecule has 3 aromatic rings. The molecule has 0 bridgehead atoms. The summed E-state index contributed by atoms with van der Waals surface area (Å²) < 4.78 is 18.9. The van der Waals surface area contributed by atoms with Crippen LogP contribution in [0.1, 0.15) is 37.4 Å². The van der Waals surface area contributed by atoms with Gasteiger partial charge in [-0.05, 0) is 55.2 Å². The van der Waals surface area contributed by atoms with Gasteiger partial charge in [0.2, 0.25) is 0 Å². The third-order valence-electron chi connectivity index (χ3n) is 4.52. The van der Waals surface area contributed by atoms with Crippen LogP contribution in [0.5, 0.6) is 5.75 Å². The van der Waals surface area contributed by atoms with Gasteiger partial charge in [0.1, 0.15) is 11.6 Å². The molecule has 3 rings (SSSR count). The second-order valence-corrected chi connectivity index (χ2v) is 6.92. The number of hydrogen-bond acceptors (Lipinski definition) is 3. The number of nitrogens with zero attached hydrogens (tertiary/aromatic N) is 1. The number of benzene rings is 1. The number of methoxy groups -OCH3 is 1. The lowest BCUT2D eigenvalue weighted by Gasteiger charge is -2.27. The van der Waals surface area contributed by atoms with Gasteiger partial charge < -0.3 is 14.8 Å². The number of aromatic amines is 1. The van der Waals surface area contributed by atoms with E-state index in [1.54, 1.807) is 32.5 Å². The number of fused-ring (bicyclic) bond motifs is 1. The zero-order valence-electron chi connectivity index (χ0n) is 14.7. The molecule has 0 aliphatic carbocycles. The molecule has 1 aromatic carbocycles. The molecule has 0 fully saturated rings. The topological polar surface area (TPSA) is 58.1 Å². The first-order valence-corrected chi connectivity index (χ1v) is 8.35. The van der Waals surface area contributed by atoms with Crippen LogP contribution in [0.15, 0.2) is 42.7 Å². The summed E-state index contributed by atoms with van der Waals surface area (Å²) in [6.45, 7) is 3.78.